The largest absolute Gasteiger partial charge is 0.269 e. The van der Waals surface area contributed by atoms with E-state index in [1.807, 2.05) is 43.3 Å². The second kappa shape index (κ2) is 7.31. The summed E-state index contributed by atoms with van der Waals surface area (Å²) in [5, 5.41) is 14.8. The minimum atomic E-state index is -0.437. The number of non-ortho nitro benzene ring substituents is 1. The number of nitrogens with one attached hydrogen (secondary N) is 1. The summed E-state index contributed by atoms with van der Waals surface area (Å²) in [7, 11) is 0. The van der Waals surface area contributed by atoms with Crippen LogP contribution in [0.25, 0.3) is 11.3 Å². The first-order chi connectivity index (χ1) is 12.1. The van der Waals surface area contributed by atoms with E-state index in [2.05, 4.69) is 20.5 Å². The predicted molar refractivity (Wildman–Crippen MR) is 96.5 cm³/mol. The van der Waals surface area contributed by atoms with Gasteiger partial charge < -0.3 is 0 Å². The smallest absolute Gasteiger partial charge is 0.261 e. The van der Waals surface area contributed by atoms with Crippen molar-refractivity contribution in [2.75, 3.05) is 5.43 Å². The lowest BCUT2D eigenvalue weighted by Gasteiger charge is -2.05. The molecule has 124 valence electrons. The zero-order chi connectivity index (χ0) is 17.6. The van der Waals surface area contributed by atoms with Crippen molar-refractivity contribution in [2.45, 2.75) is 6.92 Å². The Morgan fingerprint density at radius 2 is 1.80 bits per heavy atom. The highest BCUT2D eigenvalue weighted by atomic mass is 16.6. The molecule has 0 saturated carbocycles. The maximum atomic E-state index is 10.6. The third kappa shape index (κ3) is 4.23. The lowest BCUT2D eigenvalue weighted by atomic mass is 10.1. The molecule has 1 aromatic heterocycles. The summed E-state index contributed by atoms with van der Waals surface area (Å²) in [6, 6.07) is 17.7. The molecular formula is C18H15N5O2. The van der Waals surface area contributed by atoms with Gasteiger partial charge in [-0.25, -0.2) is 9.97 Å². The molecule has 0 spiro atoms. The van der Waals surface area contributed by atoms with Crippen LogP contribution >= 0.6 is 0 Å². The van der Waals surface area contributed by atoms with Crippen LogP contribution < -0.4 is 5.43 Å². The molecule has 0 atom stereocenters. The number of nitro groups is 1. The zero-order valence-electron chi connectivity index (χ0n) is 13.5. The van der Waals surface area contributed by atoms with E-state index in [0.717, 1.165) is 16.8 Å². The predicted octanol–water partition coefficient (Wildman–Crippen LogP) is 3.81. The van der Waals surface area contributed by atoms with E-state index in [1.54, 1.807) is 18.3 Å². The number of nitrogens with zero attached hydrogens (tertiary/aromatic N) is 4. The Bertz CT molecular complexity index is 909. The molecule has 0 unspecified atom stereocenters. The summed E-state index contributed by atoms with van der Waals surface area (Å²) >= 11 is 0. The lowest BCUT2D eigenvalue weighted by molar-refractivity contribution is -0.384. The molecule has 7 nitrogen and oxygen atoms in total. The summed E-state index contributed by atoms with van der Waals surface area (Å²) < 4.78 is 0. The minimum Gasteiger partial charge on any atom is -0.261 e. The molecule has 1 N–H and O–H groups in total. The van der Waals surface area contributed by atoms with E-state index in [4.69, 9.17) is 0 Å². The van der Waals surface area contributed by atoms with Crippen LogP contribution in [0.4, 0.5) is 11.5 Å². The van der Waals surface area contributed by atoms with Crippen molar-refractivity contribution in [3.63, 3.8) is 0 Å². The van der Waals surface area contributed by atoms with Gasteiger partial charge in [-0.05, 0) is 24.6 Å². The molecular weight excluding hydrogens is 318 g/mol. The summed E-state index contributed by atoms with van der Waals surface area (Å²) in [5.74, 6) is 1.21. The Labute approximate surface area is 144 Å². The number of rotatable bonds is 5. The Morgan fingerprint density at radius 1 is 1.08 bits per heavy atom. The maximum absolute atomic E-state index is 10.6. The molecule has 3 rings (SSSR count). The number of hydrazone groups is 1. The third-order valence-electron chi connectivity index (χ3n) is 3.40. The molecule has 2 aromatic carbocycles. The summed E-state index contributed by atoms with van der Waals surface area (Å²) in [6.45, 7) is 1.82. The second-order valence-corrected chi connectivity index (χ2v) is 5.27. The fourth-order valence-corrected chi connectivity index (χ4v) is 2.24. The first-order valence-corrected chi connectivity index (χ1v) is 7.56. The standard InChI is InChI=1S/C18H15N5O2/c1-13-20-17(15-5-3-2-4-6-15)11-18(21-13)22-19-12-14-7-9-16(10-8-14)23(24)25/h2-12H,1H3,(H,20,21,22)/b19-12+. The molecule has 0 amide bonds. The van der Waals surface area contributed by atoms with Crippen molar-refractivity contribution >= 4 is 17.7 Å². The van der Waals surface area contributed by atoms with Crippen LogP contribution in [0.2, 0.25) is 0 Å². The van der Waals surface area contributed by atoms with Crippen molar-refractivity contribution in [1.29, 1.82) is 0 Å². The van der Waals surface area contributed by atoms with Gasteiger partial charge in [0.25, 0.3) is 5.69 Å². The Balaban J connectivity index is 1.74. The van der Waals surface area contributed by atoms with E-state index in [-0.39, 0.29) is 5.69 Å². The van der Waals surface area contributed by atoms with Gasteiger partial charge in [0.15, 0.2) is 0 Å². The van der Waals surface area contributed by atoms with Crippen molar-refractivity contribution in [1.82, 2.24) is 9.97 Å². The first-order valence-electron chi connectivity index (χ1n) is 7.56. The van der Waals surface area contributed by atoms with Crippen molar-refractivity contribution in [3.05, 3.63) is 82.2 Å². The maximum Gasteiger partial charge on any atom is 0.269 e. The molecule has 1 heterocycles. The molecule has 0 aliphatic heterocycles. The number of aryl methyl sites for hydroxylation is 1. The number of aromatic nitrogens is 2. The van der Waals surface area contributed by atoms with Crippen molar-refractivity contribution in [3.8, 4) is 11.3 Å². The molecule has 0 saturated heterocycles. The van der Waals surface area contributed by atoms with Gasteiger partial charge in [0.1, 0.15) is 11.6 Å². The number of benzene rings is 2. The topological polar surface area (TPSA) is 93.3 Å². The molecule has 0 aliphatic carbocycles. The van der Waals surface area contributed by atoms with Crippen LogP contribution in [0.5, 0.6) is 0 Å². The van der Waals surface area contributed by atoms with E-state index in [9.17, 15) is 10.1 Å². The van der Waals surface area contributed by atoms with Gasteiger partial charge in [0.05, 0.1) is 16.8 Å². The molecule has 0 aliphatic rings. The highest BCUT2D eigenvalue weighted by Crippen LogP contribution is 2.19. The molecule has 3 aromatic rings. The SMILES string of the molecule is Cc1nc(N/N=C/c2ccc([N+](=O)[O-])cc2)cc(-c2ccccc2)n1. The molecule has 0 fully saturated rings. The highest BCUT2D eigenvalue weighted by Gasteiger charge is 2.04. The van der Waals surface area contributed by atoms with Crippen LogP contribution in [-0.2, 0) is 0 Å². The highest BCUT2D eigenvalue weighted by molar-refractivity contribution is 5.80. The summed E-state index contributed by atoms with van der Waals surface area (Å²) in [5.41, 5.74) is 5.46. The fourth-order valence-electron chi connectivity index (χ4n) is 2.24. The number of anilines is 1. The van der Waals surface area contributed by atoms with Gasteiger partial charge in [-0.15, -0.1) is 0 Å². The lowest BCUT2D eigenvalue weighted by Crippen LogP contribution is -1.99. The van der Waals surface area contributed by atoms with E-state index >= 15 is 0 Å². The van der Waals surface area contributed by atoms with Crippen LogP contribution in [0, 0.1) is 17.0 Å². The second-order valence-electron chi connectivity index (χ2n) is 5.27. The number of nitro benzene ring substituents is 1. The van der Waals surface area contributed by atoms with Gasteiger partial charge in [-0.3, -0.25) is 15.5 Å². The molecule has 7 heteroatoms. The van der Waals surface area contributed by atoms with E-state index in [0.29, 0.717) is 11.6 Å². The van der Waals surface area contributed by atoms with Gasteiger partial charge in [0, 0.05) is 23.8 Å². The van der Waals surface area contributed by atoms with E-state index < -0.39 is 4.92 Å². The van der Waals surface area contributed by atoms with Crippen LogP contribution in [0.15, 0.2) is 65.8 Å². The van der Waals surface area contributed by atoms with E-state index in [1.165, 1.54) is 12.1 Å². The van der Waals surface area contributed by atoms with Gasteiger partial charge in [-0.1, -0.05) is 30.3 Å². The monoisotopic (exact) mass is 333 g/mol. The normalized spacial score (nSPS) is 10.8. The van der Waals surface area contributed by atoms with Crippen molar-refractivity contribution in [2.24, 2.45) is 5.10 Å². The Hall–Kier alpha value is -3.61. The number of hydrogen-bond acceptors (Lipinski definition) is 6. The van der Waals surface area contributed by atoms with Crippen LogP contribution in [-0.4, -0.2) is 21.1 Å². The summed E-state index contributed by atoms with van der Waals surface area (Å²) in [4.78, 5) is 18.9. The fraction of sp³-hybridized carbons (Fsp3) is 0.0556. The Kier molecular flexibility index (Phi) is 4.75. The van der Waals surface area contributed by atoms with Crippen LogP contribution in [0.3, 0.4) is 0 Å². The summed E-state index contributed by atoms with van der Waals surface area (Å²) in [6.07, 6.45) is 1.57. The van der Waals surface area contributed by atoms with Crippen molar-refractivity contribution < 1.29 is 4.92 Å². The average molecular weight is 333 g/mol. The van der Waals surface area contributed by atoms with Gasteiger partial charge in [0.2, 0.25) is 0 Å². The third-order valence-corrected chi connectivity index (χ3v) is 3.40. The molecule has 25 heavy (non-hydrogen) atoms. The first kappa shape index (κ1) is 16.3. The van der Waals surface area contributed by atoms with Gasteiger partial charge in [-0.2, -0.15) is 5.10 Å². The molecule has 0 bridgehead atoms. The quantitative estimate of drug-likeness (QED) is 0.435. The minimum absolute atomic E-state index is 0.0454. The zero-order valence-corrected chi connectivity index (χ0v) is 13.5. The number of hydrogen-bond donors (Lipinski definition) is 1. The molecule has 0 radical (unpaired) electrons. The average Bonchev–Trinajstić information content (AvgIpc) is 2.62. The van der Waals surface area contributed by atoms with Gasteiger partial charge >= 0.3 is 0 Å². The Morgan fingerprint density at radius 3 is 2.48 bits per heavy atom. The van der Waals surface area contributed by atoms with Crippen LogP contribution in [0.1, 0.15) is 11.4 Å².